The predicted molar refractivity (Wildman–Crippen MR) is 152 cm³/mol. The Morgan fingerprint density at radius 1 is 0.923 bits per heavy atom. The summed E-state index contributed by atoms with van der Waals surface area (Å²) in [7, 11) is 1.61. The van der Waals surface area contributed by atoms with Crippen LogP contribution in [0.3, 0.4) is 0 Å². The van der Waals surface area contributed by atoms with E-state index >= 15 is 0 Å². The molecule has 2 N–H and O–H groups in total. The summed E-state index contributed by atoms with van der Waals surface area (Å²) in [5.74, 6) is 1.89. The number of methoxy groups -OCH3 is 1. The highest BCUT2D eigenvalue weighted by atomic mass is 16.5. The summed E-state index contributed by atoms with van der Waals surface area (Å²) in [5.41, 5.74) is 3.10. The minimum absolute atomic E-state index is 0.199. The number of hydrogen-bond acceptors (Lipinski definition) is 5. The predicted octanol–water partition coefficient (Wildman–Crippen LogP) is 4.49. The Hall–Kier alpha value is -4.53. The number of amides is 3. The second-order valence-electron chi connectivity index (χ2n) is 8.87. The number of carbonyl (C=O) groups excluding carboxylic acids is 2. The lowest BCUT2D eigenvalue weighted by atomic mass is 10.1. The van der Waals surface area contributed by atoms with E-state index in [1.54, 1.807) is 30.3 Å². The fourth-order valence-electron chi connectivity index (χ4n) is 4.29. The minimum atomic E-state index is -0.233. The van der Waals surface area contributed by atoms with Crippen molar-refractivity contribution in [1.82, 2.24) is 20.0 Å². The van der Waals surface area contributed by atoms with Gasteiger partial charge in [0.25, 0.3) is 5.91 Å². The Labute approximate surface area is 228 Å². The monoisotopic (exact) mass is 529 g/mol. The van der Waals surface area contributed by atoms with Crippen molar-refractivity contribution in [3.63, 3.8) is 0 Å². The smallest absolute Gasteiger partial charge is 0.323 e. The Bertz CT molecular complexity index is 1390. The van der Waals surface area contributed by atoms with Gasteiger partial charge in [0.05, 0.1) is 24.9 Å². The number of nitrogens with zero attached hydrogens (tertiary/aromatic N) is 3. The minimum Gasteiger partial charge on any atom is -0.497 e. The standard InChI is InChI=1S/C30H35N5O4/c1-4-26-29(34(5-2)30(37)32-18-17-22-9-7-6-8-10-22)35-21-23(11-16-27(35)33-26)28(36)31-19-20-39-25-14-12-24(38-3)13-15-25/h6-16,21H,4-5,17-20H2,1-3H3,(H,31,36)(H,32,37). The number of ether oxygens (including phenoxy) is 2. The van der Waals surface area contributed by atoms with Crippen LogP contribution in [0.4, 0.5) is 10.6 Å². The van der Waals surface area contributed by atoms with Gasteiger partial charge in [0.15, 0.2) is 0 Å². The zero-order valence-corrected chi connectivity index (χ0v) is 22.6. The molecule has 0 radical (unpaired) electrons. The molecule has 0 saturated carbocycles. The van der Waals surface area contributed by atoms with Gasteiger partial charge in [-0.25, -0.2) is 9.78 Å². The molecule has 0 saturated heterocycles. The molecule has 4 aromatic rings. The highest BCUT2D eigenvalue weighted by Crippen LogP contribution is 2.24. The Kier molecular flexibility index (Phi) is 9.39. The van der Waals surface area contributed by atoms with Crippen LogP contribution >= 0.6 is 0 Å². The summed E-state index contributed by atoms with van der Waals surface area (Å²) in [5, 5.41) is 5.91. The molecule has 2 aromatic carbocycles. The number of benzene rings is 2. The lowest BCUT2D eigenvalue weighted by Gasteiger charge is -2.22. The number of hydrogen-bond donors (Lipinski definition) is 2. The quantitative estimate of drug-likeness (QED) is 0.264. The summed E-state index contributed by atoms with van der Waals surface area (Å²) < 4.78 is 12.7. The second-order valence-corrected chi connectivity index (χ2v) is 8.87. The number of pyridine rings is 1. The first-order valence-electron chi connectivity index (χ1n) is 13.2. The van der Waals surface area contributed by atoms with Gasteiger partial charge in [0.2, 0.25) is 0 Å². The fraction of sp³-hybridized carbons (Fsp3) is 0.300. The number of aryl methyl sites for hydroxylation is 1. The molecule has 9 heteroatoms. The van der Waals surface area contributed by atoms with Gasteiger partial charge in [-0.2, -0.15) is 0 Å². The number of aromatic nitrogens is 2. The van der Waals surface area contributed by atoms with Gasteiger partial charge in [-0.05, 0) is 61.7 Å². The molecule has 2 aromatic heterocycles. The van der Waals surface area contributed by atoms with Crippen molar-refractivity contribution in [2.75, 3.05) is 38.3 Å². The maximum Gasteiger partial charge on any atom is 0.323 e. The molecule has 204 valence electrons. The highest BCUT2D eigenvalue weighted by Gasteiger charge is 2.22. The van der Waals surface area contributed by atoms with Crippen LogP contribution in [-0.2, 0) is 12.8 Å². The molecule has 0 spiro atoms. The Morgan fingerprint density at radius 2 is 1.67 bits per heavy atom. The third-order valence-electron chi connectivity index (χ3n) is 6.33. The number of rotatable bonds is 12. The van der Waals surface area contributed by atoms with E-state index in [-0.39, 0.29) is 11.9 Å². The fourth-order valence-corrected chi connectivity index (χ4v) is 4.29. The molecular weight excluding hydrogens is 494 g/mol. The Balaban J connectivity index is 1.42. The molecule has 9 nitrogen and oxygen atoms in total. The lowest BCUT2D eigenvalue weighted by molar-refractivity contribution is 0.0946. The molecular formula is C30H35N5O4. The van der Waals surface area contributed by atoms with Crippen LogP contribution in [0.15, 0.2) is 72.9 Å². The van der Waals surface area contributed by atoms with E-state index in [0.29, 0.717) is 55.4 Å². The van der Waals surface area contributed by atoms with Gasteiger partial charge in [-0.15, -0.1) is 0 Å². The third-order valence-corrected chi connectivity index (χ3v) is 6.33. The normalized spacial score (nSPS) is 10.7. The summed E-state index contributed by atoms with van der Waals surface area (Å²) >= 11 is 0. The Morgan fingerprint density at radius 3 is 2.36 bits per heavy atom. The molecule has 2 heterocycles. The van der Waals surface area contributed by atoms with E-state index in [2.05, 4.69) is 10.6 Å². The number of nitrogens with one attached hydrogen (secondary N) is 2. The molecule has 0 fully saturated rings. The van der Waals surface area contributed by atoms with E-state index in [1.807, 2.05) is 72.8 Å². The SMILES string of the molecule is CCc1nc2ccc(C(=O)NCCOc3ccc(OC)cc3)cn2c1N(CC)C(=O)NCCc1ccccc1. The van der Waals surface area contributed by atoms with Crippen molar-refractivity contribution in [3.05, 3.63) is 89.7 Å². The molecule has 3 amide bonds. The molecule has 0 aliphatic rings. The van der Waals surface area contributed by atoms with Gasteiger partial charge < -0.3 is 20.1 Å². The van der Waals surface area contributed by atoms with Crippen LogP contribution in [0.5, 0.6) is 11.5 Å². The van der Waals surface area contributed by atoms with E-state index in [0.717, 1.165) is 23.4 Å². The largest absolute Gasteiger partial charge is 0.497 e. The lowest BCUT2D eigenvalue weighted by Crippen LogP contribution is -2.41. The summed E-state index contributed by atoms with van der Waals surface area (Å²) in [6, 6.07) is 20.6. The van der Waals surface area contributed by atoms with E-state index in [1.165, 1.54) is 0 Å². The average molecular weight is 530 g/mol. The summed E-state index contributed by atoms with van der Waals surface area (Å²) in [4.78, 5) is 32.5. The highest BCUT2D eigenvalue weighted by molar-refractivity contribution is 5.95. The van der Waals surface area contributed by atoms with Crippen molar-refractivity contribution in [1.29, 1.82) is 0 Å². The van der Waals surface area contributed by atoms with E-state index < -0.39 is 0 Å². The van der Waals surface area contributed by atoms with E-state index in [9.17, 15) is 9.59 Å². The van der Waals surface area contributed by atoms with Gasteiger partial charge in [0, 0.05) is 19.3 Å². The van der Waals surface area contributed by atoms with Crippen LogP contribution in [0, 0.1) is 0 Å². The summed E-state index contributed by atoms with van der Waals surface area (Å²) in [6.45, 7) is 5.56. The maximum absolute atomic E-state index is 13.2. The number of fused-ring (bicyclic) bond motifs is 1. The molecule has 0 atom stereocenters. The molecule has 0 bridgehead atoms. The van der Waals surface area contributed by atoms with Crippen molar-refractivity contribution in [3.8, 4) is 11.5 Å². The number of anilines is 1. The topological polar surface area (TPSA) is 97.2 Å². The first kappa shape index (κ1) is 27.5. The molecule has 0 unspecified atom stereocenters. The molecule has 39 heavy (non-hydrogen) atoms. The zero-order chi connectivity index (χ0) is 27.6. The van der Waals surface area contributed by atoms with Gasteiger partial charge in [0.1, 0.15) is 29.6 Å². The summed E-state index contributed by atoms with van der Waals surface area (Å²) in [6.07, 6.45) is 3.12. The number of imidazole rings is 1. The van der Waals surface area contributed by atoms with E-state index in [4.69, 9.17) is 14.5 Å². The molecule has 4 rings (SSSR count). The van der Waals surface area contributed by atoms with Gasteiger partial charge in [-0.3, -0.25) is 14.1 Å². The van der Waals surface area contributed by atoms with Crippen LogP contribution < -0.4 is 25.0 Å². The van der Waals surface area contributed by atoms with Crippen molar-refractivity contribution >= 4 is 23.4 Å². The maximum atomic E-state index is 13.2. The molecule has 0 aliphatic heterocycles. The molecule has 0 aliphatic carbocycles. The van der Waals surface area contributed by atoms with Crippen LogP contribution in [0.25, 0.3) is 5.65 Å². The zero-order valence-electron chi connectivity index (χ0n) is 22.6. The van der Waals surface area contributed by atoms with Crippen LogP contribution in [-0.4, -0.2) is 54.7 Å². The van der Waals surface area contributed by atoms with Crippen molar-refractivity contribution in [2.45, 2.75) is 26.7 Å². The average Bonchev–Trinajstić information content (AvgIpc) is 3.34. The van der Waals surface area contributed by atoms with Gasteiger partial charge in [-0.1, -0.05) is 37.3 Å². The van der Waals surface area contributed by atoms with Crippen LogP contribution in [0.2, 0.25) is 0 Å². The van der Waals surface area contributed by atoms with Gasteiger partial charge >= 0.3 is 6.03 Å². The third kappa shape index (κ3) is 6.87. The van der Waals surface area contributed by atoms with Crippen LogP contribution in [0.1, 0.15) is 35.5 Å². The number of urea groups is 1. The number of carbonyl (C=O) groups is 2. The first-order chi connectivity index (χ1) is 19.0. The second kappa shape index (κ2) is 13.3. The van der Waals surface area contributed by atoms with Crippen molar-refractivity contribution < 1.29 is 19.1 Å². The van der Waals surface area contributed by atoms with Crippen molar-refractivity contribution in [2.24, 2.45) is 0 Å². The first-order valence-corrected chi connectivity index (χ1v) is 13.2.